The van der Waals surface area contributed by atoms with Crippen molar-refractivity contribution in [2.75, 3.05) is 18.1 Å². The highest BCUT2D eigenvalue weighted by atomic mass is 32.2. The smallest absolute Gasteiger partial charge is 0.368 e. The lowest BCUT2D eigenvalue weighted by Gasteiger charge is -2.23. The van der Waals surface area contributed by atoms with E-state index in [-0.39, 0.29) is 10.6 Å². The Kier molecular flexibility index (Phi) is 4.30. The number of rotatable bonds is 4. The van der Waals surface area contributed by atoms with Crippen LogP contribution in [0.3, 0.4) is 0 Å². The zero-order chi connectivity index (χ0) is 13.1. The van der Waals surface area contributed by atoms with Crippen LogP contribution in [0.15, 0.2) is 18.3 Å². The first-order valence-corrected chi connectivity index (χ1v) is 6.30. The maximum atomic E-state index is 12.7. The van der Waals surface area contributed by atoms with Gasteiger partial charge in [-0.15, -0.1) is 0 Å². The molecule has 0 aliphatic rings. The van der Waals surface area contributed by atoms with Crippen LogP contribution in [0, 0.1) is 0 Å². The molecule has 0 aliphatic carbocycles. The van der Waals surface area contributed by atoms with Crippen LogP contribution >= 0.6 is 11.8 Å². The summed E-state index contributed by atoms with van der Waals surface area (Å²) in [6.45, 7) is 4.34. The molecule has 0 bridgehead atoms. The van der Waals surface area contributed by atoms with Crippen molar-refractivity contribution in [2.45, 2.75) is 24.8 Å². The highest BCUT2D eigenvalue weighted by Crippen LogP contribution is 2.33. The molecule has 17 heavy (non-hydrogen) atoms. The predicted octanol–water partition coefficient (Wildman–Crippen LogP) is 3.65. The first kappa shape index (κ1) is 14.2. The van der Waals surface area contributed by atoms with Crippen molar-refractivity contribution in [3.63, 3.8) is 0 Å². The predicted molar refractivity (Wildman–Crippen MR) is 65.3 cm³/mol. The van der Waals surface area contributed by atoms with Gasteiger partial charge in [0.15, 0.2) is 0 Å². The second-order valence-electron chi connectivity index (χ2n) is 4.21. The van der Waals surface area contributed by atoms with E-state index < -0.39 is 11.7 Å². The number of pyridine rings is 1. The molecule has 0 amide bonds. The van der Waals surface area contributed by atoms with Crippen LogP contribution in [0.5, 0.6) is 0 Å². The molecule has 1 aromatic rings. The van der Waals surface area contributed by atoms with Gasteiger partial charge in [-0.05, 0) is 32.2 Å². The Balaban J connectivity index is 2.85. The highest BCUT2D eigenvalue weighted by Gasteiger charge is 2.34. The van der Waals surface area contributed by atoms with Crippen molar-refractivity contribution < 1.29 is 13.2 Å². The summed E-state index contributed by atoms with van der Waals surface area (Å²) >= 11 is 1.59. The SMILES string of the molecule is CSC(C)(C)CNc1ncccc1C(F)(F)F. The average molecular weight is 264 g/mol. The first-order valence-electron chi connectivity index (χ1n) is 5.07. The molecule has 1 N–H and O–H groups in total. The summed E-state index contributed by atoms with van der Waals surface area (Å²) in [7, 11) is 0. The van der Waals surface area contributed by atoms with Crippen LogP contribution in [-0.4, -0.2) is 22.5 Å². The zero-order valence-corrected chi connectivity index (χ0v) is 10.7. The molecule has 0 saturated heterocycles. The molecule has 1 heterocycles. The van der Waals surface area contributed by atoms with Crippen molar-refractivity contribution in [3.05, 3.63) is 23.9 Å². The molecule has 0 aromatic carbocycles. The minimum absolute atomic E-state index is 0.109. The number of hydrogen-bond acceptors (Lipinski definition) is 3. The molecule has 0 unspecified atom stereocenters. The Labute approximate surface area is 103 Å². The molecule has 0 saturated carbocycles. The van der Waals surface area contributed by atoms with E-state index in [0.29, 0.717) is 6.54 Å². The topological polar surface area (TPSA) is 24.9 Å². The van der Waals surface area contributed by atoms with Gasteiger partial charge < -0.3 is 5.32 Å². The lowest BCUT2D eigenvalue weighted by Crippen LogP contribution is -2.27. The number of nitrogens with one attached hydrogen (secondary N) is 1. The van der Waals surface area contributed by atoms with Gasteiger partial charge in [0.25, 0.3) is 0 Å². The maximum Gasteiger partial charge on any atom is 0.419 e. The number of anilines is 1. The van der Waals surface area contributed by atoms with E-state index in [0.717, 1.165) is 6.07 Å². The molecule has 0 atom stereocenters. The molecule has 96 valence electrons. The van der Waals surface area contributed by atoms with Gasteiger partial charge in [0.05, 0.1) is 5.56 Å². The summed E-state index contributed by atoms with van der Waals surface area (Å²) in [5, 5.41) is 2.76. The van der Waals surface area contributed by atoms with Gasteiger partial charge in [-0.2, -0.15) is 24.9 Å². The fourth-order valence-corrected chi connectivity index (χ4v) is 1.36. The fraction of sp³-hybridized carbons (Fsp3) is 0.545. The summed E-state index contributed by atoms with van der Waals surface area (Å²) < 4.78 is 37.9. The number of aromatic nitrogens is 1. The normalized spacial score (nSPS) is 12.6. The fourth-order valence-electron chi connectivity index (χ4n) is 1.14. The maximum absolute atomic E-state index is 12.7. The molecule has 1 aromatic heterocycles. The third-order valence-corrected chi connectivity index (χ3v) is 3.60. The Morgan fingerprint density at radius 1 is 1.35 bits per heavy atom. The number of thioether (sulfide) groups is 1. The van der Waals surface area contributed by atoms with Gasteiger partial charge >= 0.3 is 6.18 Å². The second-order valence-corrected chi connectivity index (χ2v) is 5.73. The van der Waals surface area contributed by atoms with Gasteiger partial charge in [0.2, 0.25) is 0 Å². The van der Waals surface area contributed by atoms with Crippen molar-refractivity contribution >= 4 is 17.6 Å². The largest absolute Gasteiger partial charge is 0.419 e. The quantitative estimate of drug-likeness (QED) is 0.898. The minimum atomic E-state index is -4.37. The third kappa shape index (κ3) is 4.11. The van der Waals surface area contributed by atoms with E-state index >= 15 is 0 Å². The van der Waals surface area contributed by atoms with Crippen molar-refractivity contribution in [1.29, 1.82) is 0 Å². The molecule has 0 aliphatic heterocycles. The minimum Gasteiger partial charge on any atom is -0.368 e. The Hall–Kier alpha value is -0.910. The van der Waals surface area contributed by atoms with E-state index in [1.54, 1.807) is 11.8 Å². The second kappa shape index (κ2) is 5.16. The number of nitrogens with zero attached hydrogens (tertiary/aromatic N) is 1. The Morgan fingerprint density at radius 2 is 2.00 bits per heavy atom. The number of alkyl halides is 3. The van der Waals surface area contributed by atoms with Crippen LogP contribution in [-0.2, 0) is 6.18 Å². The Bertz CT molecular complexity index is 377. The van der Waals surface area contributed by atoms with Gasteiger partial charge in [-0.3, -0.25) is 0 Å². The molecule has 2 nitrogen and oxygen atoms in total. The lowest BCUT2D eigenvalue weighted by atomic mass is 10.2. The molecule has 0 spiro atoms. The van der Waals surface area contributed by atoms with Gasteiger partial charge in [-0.1, -0.05) is 0 Å². The van der Waals surface area contributed by atoms with Crippen LogP contribution in [0.4, 0.5) is 19.0 Å². The van der Waals surface area contributed by atoms with E-state index in [1.807, 2.05) is 20.1 Å². The van der Waals surface area contributed by atoms with Gasteiger partial charge in [0.1, 0.15) is 5.82 Å². The molecule has 0 radical (unpaired) electrons. The van der Waals surface area contributed by atoms with Crippen molar-refractivity contribution in [2.24, 2.45) is 0 Å². The summed E-state index contributed by atoms with van der Waals surface area (Å²) in [6.07, 6.45) is -1.10. The Morgan fingerprint density at radius 3 is 2.53 bits per heavy atom. The van der Waals surface area contributed by atoms with Crippen LogP contribution in [0.25, 0.3) is 0 Å². The molecular weight excluding hydrogens is 249 g/mol. The van der Waals surface area contributed by atoms with Crippen LogP contribution in [0.1, 0.15) is 19.4 Å². The monoisotopic (exact) mass is 264 g/mol. The van der Waals surface area contributed by atoms with Crippen molar-refractivity contribution in [3.8, 4) is 0 Å². The summed E-state index contributed by atoms with van der Waals surface area (Å²) in [5.41, 5.74) is -0.725. The molecular formula is C11H15F3N2S. The summed E-state index contributed by atoms with van der Waals surface area (Å²) in [5.74, 6) is -0.109. The van der Waals surface area contributed by atoms with Crippen LogP contribution < -0.4 is 5.32 Å². The van der Waals surface area contributed by atoms with E-state index in [2.05, 4.69) is 10.3 Å². The van der Waals surface area contributed by atoms with Crippen molar-refractivity contribution in [1.82, 2.24) is 4.98 Å². The molecule has 6 heteroatoms. The summed E-state index contributed by atoms with van der Waals surface area (Å²) in [6, 6.07) is 2.31. The van der Waals surface area contributed by atoms with Crippen LogP contribution in [0.2, 0.25) is 0 Å². The standard InChI is InChI=1S/C11H15F3N2S/c1-10(2,17-3)7-16-9-8(11(12,13)14)5-4-6-15-9/h4-6H,7H2,1-3H3,(H,15,16). The zero-order valence-electron chi connectivity index (χ0n) is 9.93. The summed E-state index contributed by atoms with van der Waals surface area (Å²) in [4.78, 5) is 3.74. The first-order chi connectivity index (χ1) is 7.76. The third-order valence-electron chi connectivity index (χ3n) is 2.35. The number of hydrogen-bond donors (Lipinski definition) is 1. The molecule has 0 fully saturated rings. The average Bonchev–Trinajstić information content (AvgIpc) is 2.26. The molecule has 1 rings (SSSR count). The number of halogens is 3. The van der Waals surface area contributed by atoms with E-state index in [1.165, 1.54) is 12.3 Å². The van der Waals surface area contributed by atoms with E-state index in [9.17, 15) is 13.2 Å². The highest BCUT2D eigenvalue weighted by molar-refractivity contribution is 7.99. The van der Waals surface area contributed by atoms with E-state index in [4.69, 9.17) is 0 Å². The van der Waals surface area contributed by atoms with Gasteiger partial charge in [0, 0.05) is 17.5 Å². The van der Waals surface area contributed by atoms with Gasteiger partial charge in [-0.25, -0.2) is 4.98 Å². The lowest BCUT2D eigenvalue weighted by molar-refractivity contribution is -0.137.